The third-order valence-electron chi connectivity index (χ3n) is 5.31. The minimum Gasteiger partial charge on any atom is -0.299 e. The third-order valence-corrected chi connectivity index (χ3v) is 6.56. The van der Waals surface area contributed by atoms with Crippen LogP contribution < -0.4 is 4.72 Å². The Morgan fingerprint density at radius 2 is 1.86 bits per heavy atom. The number of nitrogens with one attached hydrogen (secondary N) is 1. The zero-order chi connectivity index (χ0) is 20.0. The van der Waals surface area contributed by atoms with E-state index in [9.17, 15) is 8.42 Å². The summed E-state index contributed by atoms with van der Waals surface area (Å²) in [5.41, 5.74) is 2.66. The van der Waals surface area contributed by atoms with Crippen LogP contribution in [0.4, 0.5) is 5.69 Å². The first kappa shape index (κ1) is 20.4. The number of benzene rings is 2. The lowest BCUT2D eigenvalue weighted by molar-refractivity contribution is 0.185. The van der Waals surface area contributed by atoms with Gasteiger partial charge < -0.3 is 0 Å². The van der Waals surface area contributed by atoms with Gasteiger partial charge in [0.25, 0.3) is 0 Å². The summed E-state index contributed by atoms with van der Waals surface area (Å²) in [6.07, 6.45) is 6.27. The Hall–Kier alpha value is -2.36. The molecule has 0 unspecified atom stereocenters. The Labute approximate surface area is 168 Å². The Morgan fingerprint density at radius 3 is 2.61 bits per heavy atom. The monoisotopic (exact) mass is 397 g/mol. The molecule has 0 amide bonds. The van der Waals surface area contributed by atoms with Crippen LogP contribution in [0.1, 0.15) is 48.8 Å². The van der Waals surface area contributed by atoms with Gasteiger partial charge in [0.2, 0.25) is 10.0 Å². The summed E-state index contributed by atoms with van der Waals surface area (Å²) < 4.78 is 28.1. The zero-order valence-corrected chi connectivity index (χ0v) is 17.1. The molecule has 0 bridgehead atoms. The summed E-state index contributed by atoms with van der Waals surface area (Å²) in [4.78, 5) is 2.34. The van der Waals surface area contributed by atoms with E-state index in [0.29, 0.717) is 29.4 Å². The van der Waals surface area contributed by atoms with E-state index in [0.717, 1.165) is 5.56 Å². The second-order valence-corrected chi connectivity index (χ2v) is 9.26. The summed E-state index contributed by atoms with van der Waals surface area (Å²) in [6.45, 7) is 0.716. The lowest BCUT2D eigenvalue weighted by Crippen LogP contribution is -2.33. The number of nitrogens with zero attached hydrogens (tertiary/aromatic N) is 2. The fourth-order valence-electron chi connectivity index (χ4n) is 3.83. The normalized spacial score (nSPS) is 15.3. The molecule has 2 aromatic carbocycles. The lowest BCUT2D eigenvalue weighted by Gasteiger charge is -2.31. The molecule has 1 saturated carbocycles. The molecule has 3 rings (SSSR count). The van der Waals surface area contributed by atoms with Crippen molar-refractivity contribution in [3.63, 3.8) is 0 Å². The van der Waals surface area contributed by atoms with E-state index in [1.165, 1.54) is 32.1 Å². The van der Waals surface area contributed by atoms with E-state index in [1.807, 2.05) is 30.3 Å². The van der Waals surface area contributed by atoms with Gasteiger partial charge in [0.1, 0.15) is 0 Å². The maximum Gasteiger partial charge on any atom is 0.236 e. The molecule has 2 aromatic rings. The van der Waals surface area contributed by atoms with Crippen LogP contribution in [-0.4, -0.2) is 26.4 Å². The van der Waals surface area contributed by atoms with E-state index >= 15 is 0 Å². The van der Waals surface area contributed by atoms with E-state index in [2.05, 4.69) is 16.7 Å². The number of anilines is 1. The van der Waals surface area contributed by atoms with Gasteiger partial charge in [-0.15, -0.1) is 0 Å². The molecule has 5 nitrogen and oxygen atoms in total. The summed E-state index contributed by atoms with van der Waals surface area (Å²) in [6, 6.07) is 16.9. The van der Waals surface area contributed by atoms with Crippen LogP contribution >= 0.6 is 0 Å². The maximum absolute atomic E-state index is 12.7. The molecule has 0 radical (unpaired) electrons. The van der Waals surface area contributed by atoms with Gasteiger partial charge in [-0.25, -0.2) is 8.42 Å². The van der Waals surface area contributed by atoms with E-state index < -0.39 is 10.0 Å². The summed E-state index contributed by atoms with van der Waals surface area (Å²) >= 11 is 0. The van der Waals surface area contributed by atoms with Gasteiger partial charge >= 0.3 is 0 Å². The first-order valence-electron chi connectivity index (χ1n) is 9.74. The second kappa shape index (κ2) is 9.22. The van der Waals surface area contributed by atoms with Crippen molar-refractivity contribution in [1.29, 1.82) is 5.26 Å². The molecule has 1 N–H and O–H groups in total. The predicted molar refractivity (Wildman–Crippen MR) is 112 cm³/mol. The van der Waals surface area contributed by atoms with Gasteiger partial charge in [-0.1, -0.05) is 49.6 Å². The summed E-state index contributed by atoms with van der Waals surface area (Å²) in [5, 5.41) is 9.00. The van der Waals surface area contributed by atoms with Gasteiger partial charge in [-0.05, 0) is 49.2 Å². The summed E-state index contributed by atoms with van der Waals surface area (Å²) in [5.74, 6) is -0.157. The van der Waals surface area contributed by atoms with Crippen molar-refractivity contribution in [1.82, 2.24) is 4.90 Å². The highest BCUT2D eigenvalue weighted by atomic mass is 32.2. The standard InChI is InChI=1S/C22H27N3O2S/c1-25(21-11-3-2-4-12-21)16-20-10-5-6-13-22(20)24-28(26,27)17-19-9-7-8-18(14-19)15-23/h5-10,13-14,21,24H,2-4,11-12,16-17H2,1H3. The van der Waals surface area contributed by atoms with Crippen LogP contribution in [0, 0.1) is 11.3 Å². The smallest absolute Gasteiger partial charge is 0.236 e. The molecule has 148 valence electrons. The molecular formula is C22H27N3O2S. The molecule has 0 atom stereocenters. The molecule has 0 aromatic heterocycles. The molecule has 0 spiro atoms. The molecule has 0 saturated heterocycles. The Balaban J connectivity index is 1.72. The minimum absolute atomic E-state index is 0.157. The third kappa shape index (κ3) is 5.57. The van der Waals surface area contributed by atoms with Gasteiger partial charge in [0.05, 0.1) is 23.1 Å². The Bertz CT molecular complexity index is 944. The average Bonchev–Trinajstić information content (AvgIpc) is 2.69. The topological polar surface area (TPSA) is 73.2 Å². The van der Waals surface area contributed by atoms with Crippen molar-refractivity contribution in [2.75, 3.05) is 11.8 Å². The van der Waals surface area contributed by atoms with Crippen molar-refractivity contribution in [2.45, 2.75) is 50.4 Å². The van der Waals surface area contributed by atoms with E-state index in [1.54, 1.807) is 24.3 Å². The largest absolute Gasteiger partial charge is 0.299 e. The molecular weight excluding hydrogens is 370 g/mol. The molecule has 6 heteroatoms. The van der Waals surface area contributed by atoms with Crippen LogP contribution in [-0.2, 0) is 22.3 Å². The number of hydrogen-bond acceptors (Lipinski definition) is 4. The number of nitriles is 1. The quantitative estimate of drug-likeness (QED) is 0.757. The number of para-hydroxylation sites is 1. The highest BCUT2D eigenvalue weighted by Crippen LogP contribution is 2.25. The highest BCUT2D eigenvalue weighted by molar-refractivity contribution is 7.91. The van der Waals surface area contributed by atoms with Crippen LogP contribution in [0.2, 0.25) is 0 Å². The van der Waals surface area contributed by atoms with Crippen molar-refractivity contribution >= 4 is 15.7 Å². The van der Waals surface area contributed by atoms with Crippen LogP contribution in [0.5, 0.6) is 0 Å². The van der Waals surface area contributed by atoms with Crippen molar-refractivity contribution in [3.05, 3.63) is 65.2 Å². The lowest BCUT2D eigenvalue weighted by atomic mass is 9.94. The van der Waals surface area contributed by atoms with Crippen LogP contribution in [0.3, 0.4) is 0 Å². The first-order valence-corrected chi connectivity index (χ1v) is 11.4. The number of sulfonamides is 1. The SMILES string of the molecule is CN(Cc1ccccc1NS(=O)(=O)Cc1cccc(C#N)c1)C1CCCCC1. The first-order chi connectivity index (χ1) is 13.5. The minimum atomic E-state index is -3.57. The van der Waals surface area contributed by atoms with Crippen molar-refractivity contribution in [2.24, 2.45) is 0 Å². The van der Waals surface area contributed by atoms with Gasteiger partial charge in [-0.3, -0.25) is 9.62 Å². The molecule has 0 aliphatic heterocycles. The van der Waals surface area contributed by atoms with Gasteiger partial charge in [0, 0.05) is 12.6 Å². The van der Waals surface area contributed by atoms with Gasteiger partial charge in [0.15, 0.2) is 0 Å². The molecule has 1 fully saturated rings. The van der Waals surface area contributed by atoms with E-state index in [4.69, 9.17) is 5.26 Å². The second-order valence-electron chi connectivity index (χ2n) is 7.54. The molecule has 0 heterocycles. The Kier molecular flexibility index (Phi) is 6.71. The fraction of sp³-hybridized carbons (Fsp3) is 0.409. The number of hydrogen-bond donors (Lipinski definition) is 1. The van der Waals surface area contributed by atoms with E-state index in [-0.39, 0.29) is 5.75 Å². The van der Waals surface area contributed by atoms with Crippen molar-refractivity contribution in [3.8, 4) is 6.07 Å². The predicted octanol–water partition coefficient (Wildman–Crippen LogP) is 4.26. The van der Waals surface area contributed by atoms with Crippen molar-refractivity contribution < 1.29 is 8.42 Å². The Morgan fingerprint density at radius 1 is 1.11 bits per heavy atom. The highest BCUT2D eigenvalue weighted by Gasteiger charge is 2.20. The molecule has 1 aliphatic carbocycles. The molecule has 1 aliphatic rings. The summed E-state index contributed by atoms with van der Waals surface area (Å²) in [7, 11) is -1.45. The van der Waals surface area contributed by atoms with Crippen LogP contribution in [0.25, 0.3) is 0 Å². The fourth-order valence-corrected chi connectivity index (χ4v) is 5.06. The van der Waals surface area contributed by atoms with Gasteiger partial charge in [-0.2, -0.15) is 5.26 Å². The van der Waals surface area contributed by atoms with Crippen LogP contribution in [0.15, 0.2) is 48.5 Å². The number of rotatable bonds is 7. The maximum atomic E-state index is 12.7. The average molecular weight is 398 g/mol. The zero-order valence-electron chi connectivity index (χ0n) is 16.3. The molecule has 28 heavy (non-hydrogen) atoms.